The van der Waals surface area contributed by atoms with Gasteiger partial charge in [0.05, 0.1) is 0 Å². The molecule has 24 heavy (non-hydrogen) atoms. The van der Waals surface area contributed by atoms with Gasteiger partial charge in [0, 0.05) is 35.3 Å². The Morgan fingerprint density at radius 1 is 0.958 bits per heavy atom. The number of benzene rings is 1. The van der Waals surface area contributed by atoms with Crippen LogP contribution in [0.25, 0.3) is 22.3 Å². The minimum Gasteiger partial charge on any atom is -0.264 e. The highest BCUT2D eigenvalue weighted by molar-refractivity contribution is 7.90. The molecular weight excluding hydrogens is 352 g/mol. The Bertz CT molecular complexity index is 1000. The molecule has 0 fully saturated rings. The van der Waals surface area contributed by atoms with E-state index in [-0.39, 0.29) is 5.56 Å². The molecule has 1 aromatic carbocycles. The van der Waals surface area contributed by atoms with Crippen molar-refractivity contribution in [2.45, 2.75) is 11.8 Å². The van der Waals surface area contributed by atoms with Gasteiger partial charge in [-0.05, 0) is 47.0 Å². The van der Waals surface area contributed by atoms with E-state index in [1.807, 2.05) is 18.4 Å². The first-order valence-electron chi connectivity index (χ1n) is 6.95. The molecule has 0 aliphatic carbocycles. The summed E-state index contributed by atoms with van der Waals surface area (Å²) in [7, 11) is -3.98. The predicted octanol–water partition coefficient (Wildman–Crippen LogP) is 4.47. The SMILES string of the molecule is Cc1cncc(-c2cscc2-c2cc(F)c(S(C)(=O)=O)c(F)c2)c1. The van der Waals surface area contributed by atoms with E-state index in [2.05, 4.69) is 4.98 Å². The summed E-state index contributed by atoms with van der Waals surface area (Å²) in [5, 5.41) is 3.64. The molecule has 7 heteroatoms. The highest BCUT2D eigenvalue weighted by Crippen LogP contribution is 2.37. The lowest BCUT2D eigenvalue weighted by molar-refractivity contribution is 0.522. The van der Waals surface area contributed by atoms with Gasteiger partial charge in [-0.2, -0.15) is 11.3 Å². The van der Waals surface area contributed by atoms with Crippen LogP contribution in [-0.4, -0.2) is 19.7 Å². The summed E-state index contributed by atoms with van der Waals surface area (Å²) >= 11 is 1.39. The normalized spacial score (nSPS) is 11.7. The third kappa shape index (κ3) is 3.09. The second-order valence-electron chi connectivity index (χ2n) is 5.49. The average Bonchev–Trinajstić information content (AvgIpc) is 2.94. The highest BCUT2D eigenvalue weighted by Gasteiger charge is 2.22. The van der Waals surface area contributed by atoms with Crippen LogP contribution in [0, 0.1) is 18.6 Å². The summed E-state index contributed by atoms with van der Waals surface area (Å²) in [5.74, 6) is -2.18. The first-order chi connectivity index (χ1) is 11.3. The zero-order chi connectivity index (χ0) is 17.5. The number of hydrogen-bond donors (Lipinski definition) is 0. The number of aryl methyl sites for hydroxylation is 1. The number of halogens is 2. The summed E-state index contributed by atoms with van der Waals surface area (Å²) in [5.41, 5.74) is 3.51. The molecule has 0 amide bonds. The van der Waals surface area contributed by atoms with Gasteiger partial charge < -0.3 is 0 Å². The van der Waals surface area contributed by atoms with Gasteiger partial charge in [0.2, 0.25) is 0 Å². The first-order valence-corrected chi connectivity index (χ1v) is 9.78. The number of thiophene rings is 1. The molecule has 0 aliphatic rings. The largest absolute Gasteiger partial charge is 0.264 e. The lowest BCUT2D eigenvalue weighted by Crippen LogP contribution is -2.04. The van der Waals surface area contributed by atoms with E-state index >= 15 is 0 Å². The zero-order valence-electron chi connectivity index (χ0n) is 12.9. The van der Waals surface area contributed by atoms with Crippen molar-refractivity contribution in [3.8, 4) is 22.3 Å². The smallest absolute Gasteiger partial charge is 0.181 e. The maximum absolute atomic E-state index is 14.2. The highest BCUT2D eigenvalue weighted by atomic mass is 32.2. The van der Waals surface area contributed by atoms with Gasteiger partial charge in [0.25, 0.3) is 0 Å². The van der Waals surface area contributed by atoms with Crippen molar-refractivity contribution in [1.82, 2.24) is 4.98 Å². The summed E-state index contributed by atoms with van der Waals surface area (Å²) in [6, 6.07) is 4.03. The Labute approximate surface area is 142 Å². The van der Waals surface area contributed by atoms with E-state index in [1.54, 1.807) is 17.8 Å². The summed E-state index contributed by atoms with van der Waals surface area (Å²) in [4.78, 5) is 3.23. The fourth-order valence-electron chi connectivity index (χ4n) is 2.52. The molecule has 3 aromatic rings. The molecule has 124 valence electrons. The molecule has 2 aromatic heterocycles. The topological polar surface area (TPSA) is 47.0 Å². The van der Waals surface area contributed by atoms with E-state index < -0.39 is 26.4 Å². The third-order valence-electron chi connectivity index (χ3n) is 3.53. The third-order valence-corrected chi connectivity index (χ3v) is 5.40. The van der Waals surface area contributed by atoms with Crippen LogP contribution in [0.4, 0.5) is 8.78 Å². The second-order valence-corrected chi connectivity index (χ2v) is 8.19. The van der Waals surface area contributed by atoms with Crippen molar-refractivity contribution in [3.05, 3.63) is 58.6 Å². The molecule has 0 atom stereocenters. The second kappa shape index (κ2) is 6.07. The lowest BCUT2D eigenvalue weighted by atomic mass is 9.99. The molecule has 0 bridgehead atoms. The molecule has 0 unspecified atom stereocenters. The van der Waals surface area contributed by atoms with Crippen LogP contribution in [0.2, 0.25) is 0 Å². The van der Waals surface area contributed by atoms with Gasteiger partial charge in [-0.15, -0.1) is 0 Å². The number of sulfone groups is 1. The van der Waals surface area contributed by atoms with Gasteiger partial charge >= 0.3 is 0 Å². The van der Waals surface area contributed by atoms with Crippen molar-refractivity contribution in [3.63, 3.8) is 0 Å². The number of aromatic nitrogens is 1. The van der Waals surface area contributed by atoms with Crippen LogP contribution in [0.15, 0.2) is 46.2 Å². The van der Waals surface area contributed by atoms with E-state index in [0.717, 1.165) is 35.1 Å². The molecule has 0 spiro atoms. The maximum atomic E-state index is 14.2. The Kier molecular flexibility index (Phi) is 4.23. The summed E-state index contributed by atoms with van der Waals surface area (Å²) in [6.45, 7) is 1.91. The van der Waals surface area contributed by atoms with Crippen LogP contribution < -0.4 is 0 Å². The molecule has 2 heterocycles. The molecule has 0 radical (unpaired) electrons. The fraction of sp³-hybridized carbons (Fsp3) is 0.118. The van der Waals surface area contributed by atoms with Crippen molar-refractivity contribution in [2.75, 3.05) is 6.26 Å². The van der Waals surface area contributed by atoms with Crippen LogP contribution in [0.5, 0.6) is 0 Å². The van der Waals surface area contributed by atoms with Gasteiger partial charge in [-0.1, -0.05) is 0 Å². The van der Waals surface area contributed by atoms with Crippen molar-refractivity contribution in [1.29, 1.82) is 0 Å². The number of rotatable bonds is 3. The van der Waals surface area contributed by atoms with Gasteiger partial charge in [0.15, 0.2) is 9.84 Å². The first kappa shape index (κ1) is 16.7. The van der Waals surface area contributed by atoms with Crippen molar-refractivity contribution in [2.24, 2.45) is 0 Å². The lowest BCUT2D eigenvalue weighted by Gasteiger charge is -2.09. The van der Waals surface area contributed by atoms with Crippen molar-refractivity contribution < 1.29 is 17.2 Å². The molecule has 0 N–H and O–H groups in total. The maximum Gasteiger partial charge on any atom is 0.181 e. The van der Waals surface area contributed by atoms with E-state index in [1.165, 1.54) is 11.3 Å². The summed E-state index contributed by atoms with van der Waals surface area (Å²) < 4.78 is 51.4. The minimum absolute atomic E-state index is 0.287. The Hall–Kier alpha value is -2.12. The van der Waals surface area contributed by atoms with E-state index in [9.17, 15) is 17.2 Å². The van der Waals surface area contributed by atoms with Crippen LogP contribution >= 0.6 is 11.3 Å². The number of pyridine rings is 1. The molecule has 0 aliphatic heterocycles. The van der Waals surface area contributed by atoms with Crippen LogP contribution in [0.3, 0.4) is 0 Å². The fourth-order valence-corrected chi connectivity index (χ4v) is 4.21. The molecule has 0 saturated heterocycles. The number of hydrogen-bond acceptors (Lipinski definition) is 4. The van der Waals surface area contributed by atoms with E-state index in [4.69, 9.17) is 0 Å². The Morgan fingerprint density at radius 2 is 1.54 bits per heavy atom. The monoisotopic (exact) mass is 365 g/mol. The van der Waals surface area contributed by atoms with Gasteiger partial charge in [0.1, 0.15) is 16.5 Å². The molecule has 0 saturated carbocycles. The van der Waals surface area contributed by atoms with E-state index in [0.29, 0.717) is 5.56 Å². The van der Waals surface area contributed by atoms with Gasteiger partial charge in [-0.3, -0.25) is 4.98 Å². The minimum atomic E-state index is -3.98. The number of nitrogens with zero attached hydrogens (tertiary/aromatic N) is 1. The van der Waals surface area contributed by atoms with Crippen LogP contribution in [-0.2, 0) is 9.84 Å². The quantitative estimate of drug-likeness (QED) is 0.688. The average molecular weight is 365 g/mol. The predicted molar refractivity (Wildman–Crippen MR) is 90.7 cm³/mol. The van der Waals surface area contributed by atoms with Crippen LogP contribution in [0.1, 0.15) is 5.56 Å². The van der Waals surface area contributed by atoms with Crippen molar-refractivity contribution >= 4 is 21.2 Å². The Balaban J connectivity index is 2.17. The molecular formula is C17H13F2NO2S2. The molecule has 3 nitrogen and oxygen atoms in total. The Morgan fingerprint density at radius 3 is 2.08 bits per heavy atom. The zero-order valence-corrected chi connectivity index (χ0v) is 14.5. The standard InChI is InChI=1S/C17H13F2NO2S2/c1-10-3-12(7-20-6-10)14-9-23-8-13(14)11-4-15(18)17(16(19)5-11)24(2,21)22/h3-9H,1-2H3. The molecule has 3 rings (SSSR count). The summed E-state index contributed by atoms with van der Waals surface area (Å²) in [6.07, 6.45) is 4.18. The van der Waals surface area contributed by atoms with Gasteiger partial charge in [-0.25, -0.2) is 17.2 Å².